The molecule has 3 aromatic rings. The van der Waals surface area contributed by atoms with Gasteiger partial charge in [0.25, 0.3) is 0 Å². The molecule has 0 aliphatic carbocycles. The number of ether oxygens (including phenoxy) is 1. The highest BCUT2D eigenvalue weighted by Crippen LogP contribution is 2.38. The maximum atomic E-state index is 13.0. The van der Waals surface area contributed by atoms with Crippen molar-refractivity contribution in [3.8, 4) is 0 Å². The molecule has 0 amide bonds. The van der Waals surface area contributed by atoms with Gasteiger partial charge in [0.1, 0.15) is 6.04 Å². The average molecular weight is 489 g/mol. The first-order valence-corrected chi connectivity index (χ1v) is 11.8. The highest BCUT2D eigenvalue weighted by molar-refractivity contribution is 7.98. The molecule has 1 atom stereocenters. The Morgan fingerprint density at radius 1 is 1.22 bits per heavy atom. The number of allylic oxidation sites excluding steroid dienone is 1. The monoisotopic (exact) mass is 488 g/mol. The number of carbonyl (C=O) groups excluding carboxylic acids is 1. The summed E-state index contributed by atoms with van der Waals surface area (Å²) in [6.45, 7) is 5.48. The Morgan fingerprint density at radius 3 is 2.72 bits per heavy atom. The molecule has 166 valence electrons. The van der Waals surface area contributed by atoms with Crippen LogP contribution in [0.2, 0.25) is 10.0 Å². The summed E-state index contributed by atoms with van der Waals surface area (Å²) in [6, 6.07) is 14.6. The van der Waals surface area contributed by atoms with Crippen LogP contribution in [0.1, 0.15) is 37.9 Å². The minimum atomic E-state index is -0.515. The van der Waals surface area contributed by atoms with Crippen LogP contribution in [-0.4, -0.2) is 26.8 Å². The number of fused-ring (bicyclic) bond motifs is 1. The molecule has 2 aromatic carbocycles. The Kier molecular flexibility index (Phi) is 6.79. The fraction of sp³-hybridized carbons (Fsp3) is 0.261. The summed E-state index contributed by atoms with van der Waals surface area (Å²) >= 11 is 14.0. The van der Waals surface area contributed by atoms with E-state index in [1.165, 1.54) is 11.8 Å². The molecule has 1 aliphatic heterocycles. The smallest absolute Gasteiger partial charge is 0.338 e. The zero-order valence-electron chi connectivity index (χ0n) is 17.8. The van der Waals surface area contributed by atoms with Gasteiger partial charge in [-0.2, -0.15) is 4.98 Å². The van der Waals surface area contributed by atoms with Crippen LogP contribution in [0.25, 0.3) is 0 Å². The number of nitrogens with zero attached hydrogens (tertiary/aromatic N) is 3. The van der Waals surface area contributed by atoms with Crippen molar-refractivity contribution in [3.63, 3.8) is 0 Å². The summed E-state index contributed by atoms with van der Waals surface area (Å²) in [5, 5.41) is 9.76. The molecule has 1 aliphatic rings. The third-order valence-corrected chi connectivity index (χ3v) is 6.37. The highest BCUT2D eigenvalue weighted by atomic mass is 35.5. The second kappa shape index (κ2) is 9.57. The maximum Gasteiger partial charge on any atom is 0.338 e. The van der Waals surface area contributed by atoms with Crippen LogP contribution in [0.3, 0.4) is 0 Å². The van der Waals surface area contributed by atoms with E-state index >= 15 is 0 Å². The molecule has 0 fully saturated rings. The third-order valence-electron chi connectivity index (χ3n) is 4.87. The minimum Gasteiger partial charge on any atom is -0.459 e. The summed E-state index contributed by atoms with van der Waals surface area (Å²) < 4.78 is 7.24. The van der Waals surface area contributed by atoms with Gasteiger partial charge in [-0.1, -0.05) is 65.3 Å². The molecule has 32 heavy (non-hydrogen) atoms. The van der Waals surface area contributed by atoms with E-state index in [4.69, 9.17) is 33.0 Å². The Bertz CT molecular complexity index is 1190. The summed E-state index contributed by atoms with van der Waals surface area (Å²) in [6.07, 6.45) is -0.248. The molecule has 0 spiro atoms. The summed E-state index contributed by atoms with van der Waals surface area (Å²) in [5.41, 5.74) is 2.97. The molecule has 0 saturated heterocycles. The Hall–Kier alpha value is -2.48. The quantitative estimate of drug-likeness (QED) is 0.333. The number of aromatic nitrogens is 3. The minimum absolute atomic E-state index is 0.248. The normalized spacial score (nSPS) is 15.5. The van der Waals surface area contributed by atoms with Crippen LogP contribution in [0.15, 0.2) is 65.0 Å². The molecule has 0 bridgehead atoms. The van der Waals surface area contributed by atoms with Gasteiger partial charge in [-0.15, -0.1) is 5.10 Å². The molecule has 0 saturated carbocycles. The second-order valence-electron chi connectivity index (χ2n) is 7.62. The van der Waals surface area contributed by atoms with E-state index in [0.717, 1.165) is 11.1 Å². The Morgan fingerprint density at radius 2 is 2.00 bits per heavy atom. The van der Waals surface area contributed by atoms with Crippen LogP contribution in [0, 0.1) is 0 Å². The molecule has 1 unspecified atom stereocenters. The molecule has 1 aromatic heterocycles. The Labute approximate surface area is 201 Å². The van der Waals surface area contributed by atoms with E-state index in [1.54, 1.807) is 10.7 Å². The van der Waals surface area contributed by atoms with Crippen molar-refractivity contribution in [1.82, 2.24) is 14.8 Å². The van der Waals surface area contributed by atoms with E-state index in [2.05, 4.69) is 10.3 Å². The van der Waals surface area contributed by atoms with Crippen molar-refractivity contribution in [3.05, 3.63) is 81.0 Å². The van der Waals surface area contributed by atoms with Gasteiger partial charge in [0, 0.05) is 21.5 Å². The number of esters is 1. The van der Waals surface area contributed by atoms with Crippen LogP contribution >= 0.6 is 35.0 Å². The van der Waals surface area contributed by atoms with E-state index in [9.17, 15) is 4.79 Å². The zero-order valence-corrected chi connectivity index (χ0v) is 20.1. The summed E-state index contributed by atoms with van der Waals surface area (Å²) in [7, 11) is 0. The van der Waals surface area contributed by atoms with E-state index in [-0.39, 0.29) is 6.10 Å². The lowest BCUT2D eigenvalue weighted by atomic mass is 9.96. The molecule has 9 heteroatoms. The van der Waals surface area contributed by atoms with Crippen LogP contribution < -0.4 is 5.32 Å². The lowest BCUT2D eigenvalue weighted by Gasteiger charge is -2.28. The van der Waals surface area contributed by atoms with Gasteiger partial charge in [0.2, 0.25) is 11.1 Å². The van der Waals surface area contributed by atoms with Crippen LogP contribution in [-0.2, 0) is 15.3 Å². The second-order valence-corrected chi connectivity index (χ2v) is 9.40. The molecule has 4 rings (SSSR count). The van der Waals surface area contributed by atoms with Crippen molar-refractivity contribution < 1.29 is 9.53 Å². The van der Waals surface area contributed by atoms with Gasteiger partial charge < -0.3 is 10.1 Å². The van der Waals surface area contributed by atoms with Gasteiger partial charge in [-0.3, -0.25) is 0 Å². The van der Waals surface area contributed by atoms with Crippen molar-refractivity contribution in [2.24, 2.45) is 0 Å². The summed E-state index contributed by atoms with van der Waals surface area (Å²) in [4.78, 5) is 17.7. The van der Waals surface area contributed by atoms with Crippen molar-refractivity contribution in [1.29, 1.82) is 0 Å². The van der Waals surface area contributed by atoms with Gasteiger partial charge in [0.15, 0.2) is 0 Å². The molecule has 0 radical (unpaired) electrons. The number of rotatable bonds is 6. The zero-order chi connectivity index (χ0) is 22.8. The van der Waals surface area contributed by atoms with Crippen molar-refractivity contribution in [2.75, 3.05) is 5.32 Å². The first-order valence-electron chi connectivity index (χ1n) is 10.1. The lowest BCUT2D eigenvalue weighted by molar-refractivity contribution is -0.143. The van der Waals surface area contributed by atoms with Crippen LogP contribution in [0.5, 0.6) is 0 Å². The van der Waals surface area contributed by atoms with Gasteiger partial charge >= 0.3 is 5.97 Å². The number of hydrogen-bond donors (Lipinski definition) is 1. The van der Waals surface area contributed by atoms with Crippen molar-refractivity contribution >= 4 is 46.9 Å². The number of thioether (sulfide) groups is 1. The molecule has 6 nitrogen and oxygen atoms in total. The number of benzene rings is 2. The fourth-order valence-corrected chi connectivity index (χ4v) is 4.79. The molecule has 2 heterocycles. The van der Waals surface area contributed by atoms with Crippen LogP contribution in [0.4, 0.5) is 5.95 Å². The lowest BCUT2D eigenvalue weighted by Crippen LogP contribution is -2.30. The van der Waals surface area contributed by atoms with E-state index in [0.29, 0.717) is 38.2 Å². The Balaban J connectivity index is 1.71. The SMILES string of the molecule is CC1=C(C(=O)OC(C)C)C(c2cccc(Cl)c2)n2nc(SCc3ccccc3Cl)nc2N1. The van der Waals surface area contributed by atoms with Crippen molar-refractivity contribution in [2.45, 2.75) is 43.8 Å². The number of anilines is 1. The third kappa shape index (κ3) is 4.80. The standard InChI is InChI=1S/C23H22Cl2N4O2S/c1-13(2)31-21(30)19-14(3)26-22-27-23(32-12-16-7-4-5-10-18(16)25)28-29(22)20(19)15-8-6-9-17(24)11-15/h4-11,13,20H,12H2,1-3H3,(H,26,27,28). The van der Waals surface area contributed by atoms with Gasteiger partial charge in [-0.25, -0.2) is 9.48 Å². The fourth-order valence-electron chi connectivity index (χ4n) is 3.48. The number of carbonyl (C=O) groups is 1. The van der Waals surface area contributed by atoms with E-state index in [1.807, 2.05) is 63.2 Å². The first-order chi connectivity index (χ1) is 15.3. The molecular formula is C23H22Cl2N4O2S. The number of halogens is 2. The topological polar surface area (TPSA) is 69.0 Å². The average Bonchev–Trinajstić information content (AvgIpc) is 3.13. The van der Waals surface area contributed by atoms with E-state index < -0.39 is 12.0 Å². The predicted octanol–water partition coefficient (Wildman–Crippen LogP) is 6.12. The predicted molar refractivity (Wildman–Crippen MR) is 128 cm³/mol. The van der Waals surface area contributed by atoms with Gasteiger partial charge in [0.05, 0.1) is 11.7 Å². The summed E-state index contributed by atoms with van der Waals surface area (Å²) in [5.74, 6) is 0.774. The van der Waals surface area contributed by atoms with Gasteiger partial charge in [-0.05, 0) is 50.1 Å². The highest BCUT2D eigenvalue weighted by Gasteiger charge is 2.35. The molecular weight excluding hydrogens is 467 g/mol. The first kappa shape index (κ1) is 22.7. The largest absolute Gasteiger partial charge is 0.459 e. The number of hydrogen-bond acceptors (Lipinski definition) is 6. The molecule has 1 N–H and O–H groups in total. The number of nitrogens with one attached hydrogen (secondary N) is 1. The maximum absolute atomic E-state index is 13.0.